The maximum Gasteiger partial charge on any atom is 0.139 e. The van der Waals surface area contributed by atoms with Crippen molar-refractivity contribution < 1.29 is 5.21 Å². The van der Waals surface area contributed by atoms with Gasteiger partial charge >= 0.3 is 0 Å². The minimum absolute atomic E-state index is 0.202. The molecule has 1 aliphatic rings. The second-order valence-electron chi connectivity index (χ2n) is 5.73. The molecule has 0 heterocycles. The van der Waals surface area contributed by atoms with E-state index in [2.05, 4.69) is 48.6 Å². The summed E-state index contributed by atoms with van der Waals surface area (Å²) < 4.78 is 0. The fourth-order valence-corrected chi connectivity index (χ4v) is 2.56. The molecular formula is C15H23N3O. The van der Waals surface area contributed by atoms with Crippen LogP contribution in [0, 0.1) is 12.3 Å². The van der Waals surface area contributed by atoms with Crippen molar-refractivity contribution in [2.45, 2.75) is 39.2 Å². The molecule has 4 heteroatoms. The third-order valence-corrected chi connectivity index (χ3v) is 4.08. The van der Waals surface area contributed by atoms with E-state index < -0.39 is 0 Å². The highest BCUT2D eigenvalue weighted by Crippen LogP contribution is 2.48. The minimum Gasteiger partial charge on any atom is -0.409 e. The molecule has 0 aromatic heterocycles. The molecule has 4 N–H and O–H groups in total. The van der Waals surface area contributed by atoms with Gasteiger partial charge in [0.15, 0.2) is 0 Å². The molecule has 0 spiro atoms. The van der Waals surface area contributed by atoms with Gasteiger partial charge < -0.3 is 16.3 Å². The lowest BCUT2D eigenvalue weighted by Gasteiger charge is -2.21. The lowest BCUT2D eigenvalue weighted by atomic mass is 9.99. The van der Waals surface area contributed by atoms with Gasteiger partial charge in [-0.05, 0) is 43.2 Å². The van der Waals surface area contributed by atoms with Gasteiger partial charge in [0, 0.05) is 19.0 Å². The predicted molar refractivity (Wildman–Crippen MR) is 77.3 cm³/mol. The van der Waals surface area contributed by atoms with Crippen LogP contribution in [0.4, 0.5) is 0 Å². The van der Waals surface area contributed by atoms with Crippen LogP contribution in [0.5, 0.6) is 0 Å². The van der Waals surface area contributed by atoms with Crippen molar-refractivity contribution in [2.75, 3.05) is 6.54 Å². The van der Waals surface area contributed by atoms with E-state index in [1.807, 2.05) is 0 Å². The number of amidine groups is 1. The van der Waals surface area contributed by atoms with Crippen LogP contribution in [0.3, 0.4) is 0 Å². The number of hydrogen-bond donors (Lipinski definition) is 3. The van der Waals surface area contributed by atoms with Gasteiger partial charge in [0.25, 0.3) is 0 Å². The topological polar surface area (TPSA) is 70.6 Å². The molecule has 1 aromatic rings. The fourth-order valence-electron chi connectivity index (χ4n) is 2.56. The first kappa shape index (κ1) is 13.9. The molecular weight excluding hydrogens is 238 g/mol. The van der Waals surface area contributed by atoms with Crippen molar-refractivity contribution >= 4 is 5.84 Å². The minimum atomic E-state index is 0.202. The van der Waals surface area contributed by atoms with E-state index in [1.165, 1.54) is 11.1 Å². The number of hydrogen-bond acceptors (Lipinski definition) is 3. The van der Waals surface area contributed by atoms with Crippen LogP contribution < -0.4 is 11.1 Å². The summed E-state index contributed by atoms with van der Waals surface area (Å²) in [4.78, 5) is 0. The summed E-state index contributed by atoms with van der Waals surface area (Å²) in [5.74, 6) is 0.336. The first-order valence-corrected chi connectivity index (χ1v) is 6.82. The lowest BCUT2D eigenvalue weighted by Crippen LogP contribution is -2.30. The van der Waals surface area contributed by atoms with Gasteiger partial charge in [0.2, 0.25) is 0 Å². The summed E-state index contributed by atoms with van der Waals surface area (Å²) in [6.07, 6.45) is 2.98. The zero-order valence-electron chi connectivity index (χ0n) is 11.7. The van der Waals surface area contributed by atoms with Crippen LogP contribution in [-0.4, -0.2) is 17.6 Å². The predicted octanol–water partition coefficient (Wildman–Crippen LogP) is 2.56. The van der Waals surface area contributed by atoms with E-state index in [1.54, 1.807) is 0 Å². The quantitative estimate of drug-likeness (QED) is 0.319. The van der Waals surface area contributed by atoms with Gasteiger partial charge in [-0.1, -0.05) is 29.4 Å². The molecule has 1 fully saturated rings. The summed E-state index contributed by atoms with van der Waals surface area (Å²) in [6.45, 7) is 5.23. The molecule has 0 amide bonds. The number of nitrogens with two attached hydrogens (primary N) is 1. The van der Waals surface area contributed by atoms with E-state index in [4.69, 9.17) is 10.9 Å². The first-order valence-electron chi connectivity index (χ1n) is 6.82. The summed E-state index contributed by atoms with van der Waals surface area (Å²) in [5.41, 5.74) is 8.46. The van der Waals surface area contributed by atoms with Gasteiger partial charge in [-0.2, -0.15) is 0 Å². The van der Waals surface area contributed by atoms with Gasteiger partial charge in [-0.25, -0.2) is 0 Å². The Bertz CT molecular complexity index is 466. The van der Waals surface area contributed by atoms with Crippen molar-refractivity contribution in [2.24, 2.45) is 16.3 Å². The molecule has 0 aliphatic heterocycles. The molecule has 1 aliphatic carbocycles. The van der Waals surface area contributed by atoms with Crippen LogP contribution in [0.15, 0.2) is 29.4 Å². The Balaban J connectivity index is 1.91. The van der Waals surface area contributed by atoms with Gasteiger partial charge in [-0.15, -0.1) is 0 Å². The smallest absolute Gasteiger partial charge is 0.139 e. The Hall–Kier alpha value is -1.55. The van der Waals surface area contributed by atoms with E-state index in [9.17, 15) is 0 Å². The van der Waals surface area contributed by atoms with Gasteiger partial charge in [0.1, 0.15) is 5.84 Å². The Labute approximate surface area is 114 Å². The van der Waals surface area contributed by atoms with E-state index in [-0.39, 0.29) is 5.41 Å². The summed E-state index contributed by atoms with van der Waals surface area (Å²) >= 11 is 0. The van der Waals surface area contributed by atoms with Crippen LogP contribution in [-0.2, 0) is 0 Å². The Morgan fingerprint density at radius 3 is 2.74 bits per heavy atom. The largest absolute Gasteiger partial charge is 0.409 e. The SMILES string of the molecule is Cc1ccccc1C(C)NCC1(CC(N)=NO)CC1. The van der Waals surface area contributed by atoms with Crippen molar-refractivity contribution in [3.05, 3.63) is 35.4 Å². The highest BCUT2D eigenvalue weighted by atomic mass is 16.4. The molecule has 0 radical (unpaired) electrons. The average molecular weight is 261 g/mol. The monoisotopic (exact) mass is 261 g/mol. The Kier molecular flexibility index (Phi) is 4.10. The van der Waals surface area contributed by atoms with E-state index >= 15 is 0 Å². The summed E-state index contributed by atoms with van der Waals surface area (Å²) in [5, 5.41) is 15.3. The normalized spacial score (nSPS) is 19.2. The number of rotatable bonds is 6. The van der Waals surface area contributed by atoms with E-state index in [0.717, 1.165) is 19.4 Å². The molecule has 1 atom stereocenters. The third-order valence-electron chi connectivity index (χ3n) is 4.08. The van der Waals surface area contributed by atoms with Crippen LogP contribution in [0.25, 0.3) is 0 Å². The van der Waals surface area contributed by atoms with Crippen molar-refractivity contribution in [1.82, 2.24) is 5.32 Å². The van der Waals surface area contributed by atoms with Crippen molar-refractivity contribution in [3.63, 3.8) is 0 Å². The second-order valence-corrected chi connectivity index (χ2v) is 5.73. The third kappa shape index (κ3) is 3.47. The Morgan fingerprint density at radius 1 is 1.47 bits per heavy atom. The van der Waals surface area contributed by atoms with Crippen LogP contribution in [0.1, 0.15) is 43.4 Å². The van der Waals surface area contributed by atoms with Gasteiger partial charge in [0.05, 0.1) is 0 Å². The highest BCUT2D eigenvalue weighted by molar-refractivity contribution is 5.80. The average Bonchev–Trinajstić information content (AvgIpc) is 3.16. The molecule has 1 unspecified atom stereocenters. The maximum atomic E-state index is 8.66. The zero-order chi connectivity index (χ0) is 13.9. The van der Waals surface area contributed by atoms with Crippen molar-refractivity contribution in [1.29, 1.82) is 0 Å². The molecule has 104 valence electrons. The summed E-state index contributed by atoms with van der Waals surface area (Å²) in [6, 6.07) is 8.76. The number of aryl methyl sites for hydroxylation is 1. The molecule has 1 aromatic carbocycles. The second kappa shape index (κ2) is 5.61. The molecule has 2 rings (SSSR count). The number of oxime groups is 1. The standard InChI is InChI=1S/C15H23N3O/c1-11-5-3-4-6-13(11)12(2)17-10-15(7-8-15)9-14(16)18-19/h3-6,12,17,19H,7-10H2,1-2H3,(H2,16,18). The number of nitrogens with one attached hydrogen (secondary N) is 1. The molecule has 0 bridgehead atoms. The lowest BCUT2D eigenvalue weighted by molar-refractivity contribution is 0.313. The highest BCUT2D eigenvalue weighted by Gasteiger charge is 2.43. The fraction of sp³-hybridized carbons (Fsp3) is 0.533. The van der Waals surface area contributed by atoms with Gasteiger partial charge in [-0.3, -0.25) is 0 Å². The maximum absolute atomic E-state index is 8.66. The van der Waals surface area contributed by atoms with Crippen LogP contribution >= 0.6 is 0 Å². The first-order chi connectivity index (χ1) is 9.06. The summed E-state index contributed by atoms with van der Waals surface area (Å²) in [7, 11) is 0. The molecule has 19 heavy (non-hydrogen) atoms. The number of benzene rings is 1. The molecule has 0 saturated heterocycles. The zero-order valence-corrected chi connectivity index (χ0v) is 11.7. The van der Waals surface area contributed by atoms with Crippen molar-refractivity contribution in [3.8, 4) is 0 Å². The molecule has 4 nitrogen and oxygen atoms in total. The molecule has 1 saturated carbocycles. The van der Waals surface area contributed by atoms with Crippen LogP contribution in [0.2, 0.25) is 0 Å². The Morgan fingerprint density at radius 2 is 2.16 bits per heavy atom. The number of nitrogens with zero attached hydrogens (tertiary/aromatic N) is 1. The van der Waals surface area contributed by atoms with E-state index in [0.29, 0.717) is 18.3 Å².